The van der Waals surface area contributed by atoms with E-state index in [1.165, 1.54) is 12.2 Å². The van der Waals surface area contributed by atoms with Gasteiger partial charge in [-0.05, 0) is 48.5 Å². The number of nitrogens with zero attached hydrogens (tertiary/aromatic N) is 1. The topological polar surface area (TPSA) is 66.0 Å². The quantitative estimate of drug-likeness (QED) is 0.581. The van der Waals surface area contributed by atoms with Gasteiger partial charge in [0.2, 0.25) is 5.91 Å². The maximum atomic E-state index is 12.0. The van der Waals surface area contributed by atoms with Gasteiger partial charge in [0.25, 0.3) is 0 Å². The Hall–Kier alpha value is -3.00. The van der Waals surface area contributed by atoms with Gasteiger partial charge in [-0.3, -0.25) is 4.79 Å². The van der Waals surface area contributed by atoms with Crippen LogP contribution >= 0.6 is 23.2 Å². The fourth-order valence-electron chi connectivity index (χ4n) is 2.30. The number of rotatable bonds is 4. The molecule has 1 amide bonds. The number of benzene rings is 2. The molecular formula is C20H12Cl2N2O2. The molecule has 0 aliphatic heterocycles. The van der Waals surface area contributed by atoms with Crippen molar-refractivity contribution in [2.75, 3.05) is 5.32 Å². The summed E-state index contributed by atoms with van der Waals surface area (Å²) in [5.74, 6) is 0.700. The molecule has 0 radical (unpaired) electrons. The molecule has 0 atom stereocenters. The SMILES string of the molecule is N#Cc1ccccc1NC(=O)/C=C/c1ccc(-c2ccc(Cl)cc2Cl)o1. The zero-order chi connectivity index (χ0) is 18.5. The van der Waals surface area contributed by atoms with E-state index < -0.39 is 0 Å². The number of furan rings is 1. The zero-order valence-corrected chi connectivity index (χ0v) is 14.9. The molecule has 26 heavy (non-hydrogen) atoms. The Labute approximate surface area is 160 Å². The molecule has 1 heterocycles. The van der Waals surface area contributed by atoms with Gasteiger partial charge >= 0.3 is 0 Å². The maximum absolute atomic E-state index is 12.0. The third kappa shape index (κ3) is 4.15. The summed E-state index contributed by atoms with van der Waals surface area (Å²) >= 11 is 12.1. The predicted molar refractivity (Wildman–Crippen MR) is 103 cm³/mol. The number of anilines is 1. The Morgan fingerprint density at radius 2 is 1.92 bits per heavy atom. The summed E-state index contributed by atoms with van der Waals surface area (Å²) < 4.78 is 5.69. The van der Waals surface area contributed by atoms with Crippen molar-refractivity contribution in [1.29, 1.82) is 5.26 Å². The summed E-state index contributed by atoms with van der Waals surface area (Å²) in [6.45, 7) is 0. The van der Waals surface area contributed by atoms with Crippen molar-refractivity contribution in [1.82, 2.24) is 0 Å². The lowest BCUT2D eigenvalue weighted by Crippen LogP contribution is -2.08. The van der Waals surface area contributed by atoms with E-state index in [4.69, 9.17) is 32.9 Å². The minimum Gasteiger partial charge on any atom is -0.457 e. The lowest BCUT2D eigenvalue weighted by Gasteiger charge is -2.03. The summed E-state index contributed by atoms with van der Waals surface area (Å²) in [5.41, 5.74) is 1.56. The van der Waals surface area contributed by atoms with Crippen LogP contribution in [-0.2, 0) is 4.79 Å². The number of para-hydroxylation sites is 1. The number of halogens is 2. The molecule has 3 aromatic rings. The van der Waals surface area contributed by atoms with E-state index in [9.17, 15) is 4.79 Å². The second kappa shape index (κ2) is 7.92. The molecule has 3 rings (SSSR count). The number of hydrogen-bond donors (Lipinski definition) is 1. The van der Waals surface area contributed by atoms with E-state index in [2.05, 4.69) is 5.32 Å². The van der Waals surface area contributed by atoms with Gasteiger partial charge < -0.3 is 9.73 Å². The molecule has 0 aliphatic carbocycles. The number of amides is 1. The van der Waals surface area contributed by atoms with Crippen molar-refractivity contribution in [3.8, 4) is 17.4 Å². The Kier molecular flexibility index (Phi) is 5.43. The summed E-state index contributed by atoms with van der Waals surface area (Å²) in [7, 11) is 0. The van der Waals surface area contributed by atoms with Crippen molar-refractivity contribution >= 4 is 40.9 Å². The number of carbonyl (C=O) groups is 1. The molecule has 0 bridgehead atoms. The molecule has 6 heteroatoms. The normalized spacial score (nSPS) is 10.7. The largest absolute Gasteiger partial charge is 0.457 e. The summed E-state index contributed by atoms with van der Waals surface area (Å²) in [6, 6.07) is 17.4. The predicted octanol–water partition coefficient (Wildman–Crippen LogP) is 5.78. The molecule has 0 spiro atoms. The molecule has 2 aromatic carbocycles. The first-order chi connectivity index (χ1) is 12.6. The standard InChI is InChI=1S/C20H12Cl2N2O2/c21-14-5-8-16(17(22)11-14)19-9-6-15(26-19)7-10-20(25)24-18-4-2-1-3-13(18)12-23/h1-11H,(H,24,25)/b10-7+. The van der Waals surface area contributed by atoms with Gasteiger partial charge in [0.05, 0.1) is 16.3 Å². The van der Waals surface area contributed by atoms with Crippen molar-refractivity contribution in [3.05, 3.63) is 82.0 Å². The van der Waals surface area contributed by atoms with Gasteiger partial charge in [-0.15, -0.1) is 0 Å². The fraction of sp³-hybridized carbons (Fsp3) is 0. The Balaban J connectivity index is 1.72. The Bertz CT molecular complexity index is 1030. The average Bonchev–Trinajstić information content (AvgIpc) is 3.09. The van der Waals surface area contributed by atoms with Crippen LogP contribution in [0.1, 0.15) is 11.3 Å². The van der Waals surface area contributed by atoms with Crippen LogP contribution in [-0.4, -0.2) is 5.91 Å². The molecule has 4 nitrogen and oxygen atoms in total. The Morgan fingerprint density at radius 1 is 1.12 bits per heavy atom. The van der Waals surface area contributed by atoms with E-state index in [0.717, 1.165) is 0 Å². The lowest BCUT2D eigenvalue weighted by atomic mass is 10.2. The summed E-state index contributed by atoms with van der Waals surface area (Å²) in [4.78, 5) is 12.0. The van der Waals surface area contributed by atoms with E-state index >= 15 is 0 Å². The van der Waals surface area contributed by atoms with Crippen molar-refractivity contribution in [3.63, 3.8) is 0 Å². The van der Waals surface area contributed by atoms with Gasteiger partial charge in [0.15, 0.2) is 0 Å². The molecule has 0 saturated heterocycles. The van der Waals surface area contributed by atoms with Gasteiger partial charge in [-0.2, -0.15) is 5.26 Å². The highest BCUT2D eigenvalue weighted by atomic mass is 35.5. The molecular weight excluding hydrogens is 371 g/mol. The monoisotopic (exact) mass is 382 g/mol. The molecule has 0 saturated carbocycles. The van der Waals surface area contributed by atoms with Crippen molar-refractivity contribution in [2.45, 2.75) is 0 Å². The van der Waals surface area contributed by atoms with Crippen LogP contribution in [0.2, 0.25) is 10.0 Å². The number of nitrogens with one attached hydrogen (secondary N) is 1. The van der Waals surface area contributed by atoms with Crippen LogP contribution in [0.3, 0.4) is 0 Å². The third-order valence-corrected chi connectivity index (χ3v) is 4.08. The molecule has 128 valence electrons. The highest BCUT2D eigenvalue weighted by Crippen LogP contribution is 2.31. The molecule has 1 N–H and O–H groups in total. The van der Waals surface area contributed by atoms with Gasteiger partial charge in [0.1, 0.15) is 17.6 Å². The molecule has 0 unspecified atom stereocenters. The molecule has 1 aromatic heterocycles. The van der Waals surface area contributed by atoms with Crippen molar-refractivity contribution < 1.29 is 9.21 Å². The molecule has 0 aliphatic rings. The first kappa shape index (κ1) is 17.8. The van der Waals surface area contributed by atoms with Gasteiger partial charge in [-0.25, -0.2) is 0 Å². The molecule has 0 fully saturated rings. The second-order valence-corrected chi connectivity index (χ2v) is 6.15. The van der Waals surface area contributed by atoms with Crippen LogP contribution in [0.15, 0.2) is 65.1 Å². The minimum atomic E-state index is -0.366. The smallest absolute Gasteiger partial charge is 0.248 e. The van der Waals surface area contributed by atoms with Gasteiger partial charge in [0, 0.05) is 16.7 Å². The third-order valence-electron chi connectivity index (χ3n) is 3.53. The number of hydrogen-bond acceptors (Lipinski definition) is 3. The minimum absolute atomic E-state index is 0.366. The average molecular weight is 383 g/mol. The fourth-order valence-corrected chi connectivity index (χ4v) is 2.80. The number of nitriles is 1. The second-order valence-electron chi connectivity index (χ2n) is 5.31. The zero-order valence-electron chi connectivity index (χ0n) is 13.4. The van der Waals surface area contributed by atoms with Crippen molar-refractivity contribution in [2.24, 2.45) is 0 Å². The van der Waals surface area contributed by atoms with Crippen LogP contribution in [0.5, 0.6) is 0 Å². The summed E-state index contributed by atoms with van der Waals surface area (Å²) in [5, 5.41) is 12.7. The van der Waals surface area contributed by atoms with Crippen LogP contribution < -0.4 is 5.32 Å². The first-order valence-electron chi connectivity index (χ1n) is 7.60. The van der Waals surface area contributed by atoms with Crippen LogP contribution in [0.4, 0.5) is 5.69 Å². The van der Waals surface area contributed by atoms with Crippen LogP contribution in [0, 0.1) is 11.3 Å². The number of carbonyl (C=O) groups excluding carboxylic acids is 1. The van der Waals surface area contributed by atoms with Crippen LogP contribution in [0.25, 0.3) is 17.4 Å². The van der Waals surface area contributed by atoms with E-state index in [1.54, 1.807) is 54.6 Å². The maximum Gasteiger partial charge on any atom is 0.248 e. The summed E-state index contributed by atoms with van der Waals surface area (Å²) in [6.07, 6.45) is 2.87. The lowest BCUT2D eigenvalue weighted by molar-refractivity contribution is -0.111. The first-order valence-corrected chi connectivity index (χ1v) is 8.36. The Morgan fingerprint density at radius 3 is 2.69 bits per heavy atom. The van der Waals surface area contributed by atoms with Gasteiger partial charge in [-0.1, -0.05) is 35.3 Å². The van der Waals surface area contributed by atoms with E-state index in [0.29, 0.717) is 38.4 Å². The van der Waals surface area contributed by atoms with E-state index in [1.807, 2.05) is 6.07 Å². The highest BCUT2D eigenvalue weighted by molar-refractivity contribution is 6.36. The van der Waals surface area contributed by atoms with E-state index in [-0.39, 0.29) is 5.91 Å². The highest BCUT2D eigenvalue weighted by Gasteiger charge is 2.09.